The number of hydrogen-bond acceptors (Lipinski definition) is 6. The fourth-order valence-corrected chi connectivity index (χ4v) is 5.63. The molecule has 0 bridgehead atoms. The summed E-state index contributed by atoms with van der Waals surface area (Å²) in [6.45, 7) is 5.14. The lowest BCUT2D eigenvalue weighted by atomic mass is 10.2. The van der Waals surface area contributed by atoms with E-state index in [1.165, 1.54) is 39.9 Å². The molecule has 8 nitrogen and oxygen atoms in total. The van der Waals surface area contributed by atoms with Crippen LogP contribution in [0.1, 0.15) is 37.7 Å². The van der Waals surface area contributed by atoms with E-state index in [0.29, 0.717) is 18.0 Å². The number of hydrogen-bond donors (Lipinski definition) is 1. The third kappa shape index (κ3) is 7.35. The second-order valence-electron chi connectivity index (χ2n) is 8.82. The number of anilines is 1. The number of ether oxygens (including phenoxy) is 2. The lowest BCUT2D eigenvalue weighted by Gasteiger charge is -2.26. The molecule has 0 spiro atoms. The second-order valence-corrected chi connectivity index (χ2v) is 10.7. The van der Waals surface area contributed by atoms with Gasteiger partial charge in [0.15, 0.2) is 0 Å². The van der Waals surface area contributed by atoms with Crippen molar-refractivity contribution in [2.24, 2.45) is 0 Å². The highest BCUT2D eigenvalue weighted by molar-refractivity contribution is 7.92. The summed E-state index contributed by atoms with van der Waals surface area (Å²) in [5.41, 5.74) is 1.18. The van der Waals surface area contributed by atoms with Gasteiger partial charge in [-0.2, -0.15) is 0 Å². The fraction of sp³-hybridized carbons (Fsp3) is 0.500. The molecule has 1 saturated heterocycles. The van der Waals surface area contributed by atoms with Gasteiger partial charge in [0, 0.05) is 12.6 Å². The van der Waals surface area contributed by atoms with Gasteiger partial charge in [-0.15, -0.1) is 0 Å². The van der Waals surface area contributed by atoms with Crippen LogP contribution < -0.4 is 19.1 Å². The van der Waals surface area contributed by atoms with Crippen LogP contribution in [0.4, 0.5) is 5.69 Å². The maximum absolute atomic E-state index is 13.7. The zero-order valence-electron chi connectivity index (χ0n) is 21.0. The normalized spacial score (nSPS) is 14.7. The molecule has 35 heavy (non-hydrogen) atoms. The van der Waals surface area contributed by atoms with Crippen LogP contribution in [0, 0.1) is 6.92 Å². The minimum Gasteiger partial charge on any atom is -0.497 e. The highest BCUT2D eigenvalue weighted by Gasteiger charge is 2.30. The van der Waals surface area contributed by atoms with Crippen LogP contribution in [0.5, 0.6) is 11.5 Å². The Morgan fingerprint density at radius 1 is 1.00 bits per heavy atom. The molecule has 2 aromatic carbocycles. The van der Waals surface area contributed by atoms with Crippen molar-refractivity contribution in [1.82, 2.24) is 10.2 Å². The molecule has 192 valence electrons. The van der Waals surface area contributed by atoms with Crippen molar-refractivity contribution in [2.75, 3.05) is 51.2 Å². The first-order chi connectivity index (χ1) is 16.8. The Bertz CT molecular complexity index is 1060. The van der Waals surface area contributed by atoms with Gasteiger partial charge in [0.1, 0.15) is 18.0 Å². The van der Waals surface area contributed by atoms with E-state index >= 15 is 0 Å². The van der Waals surface area contributed by atoms with E-state index in [-0.39, 0.29) is 23.0 Å². The Morgan fingerprint density at radius 2 is 1.69 bits per heavy atom. The summed E-state index contributed by atoms with van der Waals surface area (Å²) in [5, 5.41) is 2.89. The van der Waals surface area contributed by atoms with Crippen LogP contribution in [0.15, 0.2) is 47.4 Å². The van der Waals surface area contributed by atoms with Gasteiger partial charge in [-0.25, -0.2) is 8.42 Å². The van der Waals surface area contributed by atoms with Gasteiger partial charge < -0.3 is 19.7 Å². The molecule has 0 unspecified atom stereocenters. The lowest BCUT2D eigenvalue weighted by Crippen LogP contribution is -2.41. The number of nitrogens with zero attached hydrogens (tertiary/aromatic N) is 2. The smallest absolute Gasteiger partial charge is 0.264 e. The van der Waals surface area contributed by atoms with Crippen LogP contribution in [-0.4, -0.2) is 66.2 Å². The van der Waals surface area contributed by atoms with Crippen molar-refractivity contribution >= 4 is 21.6 Å². The third-order valence-electron chi connectivity index (χ3n) is 6.22. The molecule has 1 fully saturated rings. The molecule has 0 saturated carbocycles. The molecule has 0 radical (unpaired) electrons. The molecule has 2 aromatic rings. The first-order valence-corrected chi connectivity index (χ1v) is 13.6. The molecular weight excluding hydrogens is 466 g/mol. The first kappa shape index (κ1) is 26.8. The minimum absolute atomic E-state index is 0.0990. The van der Waals surface area contributed by atoms with E-state index in [4.69, 9.17) is 9.47 Å². The number of sulfonamides is 1. The van der Waals surface area contributed by atoms with Crippen molar-refractivity contribution in [1.29, 1.82) is 0 Å². The third-order valence-corrected chi connectivity index (χ3v) is 8.00. The predicted molar refractivity (Wildman–Crippen MR) is 138 cm³/mol. The average Bonchev–Trinajstić information content (AvgIpc) is 3.14. The number of likely N-dealkylation sites (tertiary alicyclic amines) is 1. The maximum Gasteiger partial charge on any atom is 0.264 e. The number of benzene rings is 2. The summed E-state index contributed by atoms with van der Waals surface area (Å²) in [6, 6.07) is 11.4. The van der Waals surface area contributed by atoms with Crippen LogP contribution in [0.25, 0.3) is 0 Å². The van der Waals surface area contributed by atoms with Crippen molar-refractivity contribution in [2.45, 2.75) is 43.9 Å². The molecule has 9 heteroatoms. The largest absolute Gasteiger partial charge is 0.497 e. The quantitative estimate of drug-likeness (QED) is 0.472. The van der Waals surface area contributed by atoms with Gasteiger partial charge in [-0.3, -0.25) is 9.10 Å². The van der Waals surface area contributed by atoms with E-state index in [2.05, 4.69) is 10.2 Å². The molecule has 1 heterocycles. The monoisotopic (exact) mass is 503 g/mol. The Labute approximate surface area is 209 Å². The number of nitrogens with one attached hydrogen (secondary N) is 1. The molecule has 0 aliphatic carbocycles. The van der Waals surface area contributed by atoms with Crippen LogP contribution in [0.3, 0.4) is 0 Å². The highest BCUT2D eigenvalue weighted by atomic mass is 32.2. The zero-order valence-corrected chi connectivity index (χ0v) is 21.8. The number of carbonyl (C=O) groups excluding carboxylic acids is 1. The van der Waals surface area contributed by atoms with Gasteiger partial charge in [-0.05, 0) is 70.1 Å². The van der Waals surface area contributed by atoms with Crippen molar-refractivity contribution in [3.8, 4) is 11.5 Å². The van der Waals surface area contributed by atoms with Crippen molar-refractivity contribution in [3.63, 3.8) is 0 Å². The second kappa shape index (κ2) is 12.8. The summed E-state index contributed by atoms with van der Waals surface area (Å²) >= 11 is 0. The molecule has 1 N–H and O–H groups in total. The van der Waals surface area contributed by atoms with E-state index in [1.54, 1.807) is 42.5 Å². The van der Waals surface area contributed by atoms with Gasteiger partial charge in [0.25, 0.3) is 10.0 Å². The van der Waals surface area contributed by atoms with Crippen LogP contribution >= 0.6 is 0 Å². The average molecular weight is 504 g/mol. The van der Waals surface area contributed by atoms with Gasteiger partial charge in [-0.1, -0.05) is 30.5 Å². The molecule has 0 atom stereocenters. The van der Waals surface area contributed by atoms with E-state index in [9.17, 15) is 13.2 Å². The van der Waals surface area contributed by atoms with Crippen LogP contribution in [0.2, 0.25) is 0 Å². The van der Waals surface area contributed by atoms with Crippen molar-refractivity contribution < 1.29 is 22.7 Å². The molecule has 3 rings (SSSR count). The molecule has 1 aliphatic rings. The Hall–Kier alpha value is -2.78. The molecule has 0 aromatic heterocycles. The number of rotatable bonds is 11. The van der Waals surface area contributed by atoms with Crippen molar-refractivity contribution in [3.05, 3.63) is 48.0 Å². The van der Waals surface area contributed by atoms with E-state index < -0.39 is 10.0 Å². The standard InChI is InChI=1S/C26H37N3O5S/c1-21-9-12-23(13-10-21)35(31,32)29(24-19-22(33-2)11-14-25(24)34-3)20-26(30)27-15-8-18-28-16-6-4-5-7-17-28/h9-14,19H,4-8,15-18,20H2,1-3H3,(H,27,30). The number of aryl methyl sites for hydroxylation is 1. The number of methoxy groups -OCH3 is 2. The maximum atomic E-state index is 13.7. The summed E-state index contributed by atoms with van der Waals surface area (Å²) in [6.07, 6.45) is 5.83. The van der Waals surface area contributed by atoms with Crippen LogP contribution in [-0.2, 0) is 14.8 Å². The van der Waals surface area contributed by atoms with E-state index in [1.807, 2.05) is 6.92 Å². The van der Waals surface area contributed by atoms with Gasteiger partial charge in [0.2, 0.25) is 5.91 Å². The summed E-state index contributed by atoms with van der Waals surface area (Å²) in [5.74, 6) is 0.416. The molecule has 1 aliphatic heterocycles. The van der Waals surface area contributed by atoms with Gasteiger partial charge >= 0.3 is 0 Å². The Balaban J connectivity index is 1.77. The summed E-state index contributed by atoms with van der Waals surface area (Å²) in [7, 11) is -1.08. The first-order valence-electron chi connectivity index (χ1n) is 12.2. The molecule has 1 amide bonds. The molecular formula is C26H37N3O5S. The Kier molecular flexibility index (Phi) is 9.80. The minimum atomic E-state index is -4.05. The number of carbonyl (C=O) groups is 1. The summed E-state index contributed by atoms with van der Waals surface area (Å²) in [4.78, 5) is 15.5. The SMILES string of the molecule is COc1ccc(OC)c(N(CC(=O)NCCCN2CCCCCC2)S(=O)(=O)c2ccc(C)cc2)c1. The highest BCUT2D eigenvalue weighted by Crippen LogP contribution is 2.35. The predicted octanol–water partition coefficient (Wildman–Crippen LogP) is 3.59. The fourth-order valence-electron chi connectivity index (χ4n) is 4.21. The van der Waals surface area contributed by atoms with Gasteiger partial charge in [0.05, 0.1) is 24.8 Å². The topological polar surface area (TPSA) is 88.2 Å². The number of amides is 1. The zero-order chi connectivity index (χ0) is 25.3. The summed E-state index contributed by atoms with van der Waals surface area (Å²) < 4.78 is 39.1. The lowest BCUT2D eigenvalue weighted by molar-refractivity contribution is -0.119. The Morgan fingerprint density at radius 3 is 2.31 bits per heavy atom. The van der Waals surface area contributed by atoms with E-state index in [0.717, 1.165) is 35.9 Å².